The predicted octanol–water partition coefficient (Wildman–Crippen LogP) is 4.93. The number of aliphatic hydroxyl groups is 3. The third-order valence-corrected chi connectivity index (χ3v) is 15.3. The van der Waals surface area contributed by atoms with Crippen molar-refractivity contribution < 1.29 is 102 Å². The van der Waals surface area contributed by atoms with Crippen molar-refractivity contribution >= 4 is 35.0 Å². The fourth-order valence-corrected chi connectivity index (χ4v) is 10.00. The zero-order valence-corrected chi connectivity index (χ0v) is 45.5. The lowest BCUT2D eigenvalue weighted by atomic mass is 9.85. The molecule has 4 saturated heterocycles. The molecule has 6 aliphatic heterocycles. The van der Waals surface area contributed by atoms with Gasteiger partial charge >= 0.3 is 11.4 Å². The van der Waals surface area contributed by atoms with Gasteiger partial charge in [-0.2, -0.15) is 9.97 Å². The van der Waals surface area contributed by atoms with E-state index in [4.69, 9.17) is 35.5 Å². The summed E-state index contributed by atoms with van der Waals surface area (Å²) in [5, 5.41) is 28.7. The van der Waals surface area contributed by atoms with E-state index in [-0.39, 0.29) is 43.1 Å². The molecule has 0 spiro atoms. The number of nitrogens with two attached hydrogens (primary N) is 2. The molecule has 4 fully saturated rings. The summed E-state index contributed by atoms with van der Waals surface area (Å²) in [6.07, 6.45) is -21.0. The number of alkyl halides is 11. The molecule has 82 heavy (non-hydrogen) atoms. The summed E-state index contributed by atoms with van der Waals surface area (Å²) in [6.45, 7) is 11.4. The Balaban J connectivity index is 0.000000232. The van der Waals surface area contributed by atoms with Crippen molar-refractivity contribution in [3.63, 3.8) is 0 Å². The fourth-order valence-electron chi connectivity index (χ4n) is 10.00. The third kappa shape index (κ3) is 13.1. The molecule has 0 radical (unpaired) electrons. The van der Waals surface area contributed by atoms with Gasteiger partial charge in [0.15, 0.2) is 60.6 Å². The number of hydrogen-bond acceptors (Lipinski definition) is 17. The first-order valence-electron chi connectivity index (χ1n) is 25.8. The van der Waals surface area contributed by atoms with Crippen molar-refractivity contribution in [2.24, 2.45) is 17.8 Å². The first kappa shape index (κ1) is 68.6. The number of anilines is 2. The monoisotopic (exact) mass is 1200 g/mol. The normalized spacial score (nSPS) is 35.1. The first-order valence-corrected chi connectivity index (χ1v) is 25.8. The Bertz CT molecular complexity index is 2550. The van der Waals surface area contributed by atoms with Gasteiger partial charge in [0.1, 0.15) is 40.6 Å². The first-order chi connectivity index (χ1) is 38.3. The average Bonchev–Trinajstić information content (AvgIpc) is 4.11. The number of carbonyl (C=O) groups excluding carboxylic acids is 4. The predicted molar refractivity (Wildman–Crippen MR) is 265 cm³/mol. The summed E-state index contributed by atoms with van der Waals surface area (Å²) in [7, 11) is 0. The molecule has 462 valence electrons. The number of ether oxygens (including phenoxy) is 4. The molecule has 6 aliphatic rings. The Labute approximate surface area is 462 Å². The Morgan fingerprint density at radius 1 is 0.561 bits per heavy atom. The van der Waals surface area contributed by atoms with Gasteiger partial charge in [-0.05, 0) is 43.5 Å². The van der Waals surface area contributed by atoms with Crippen LogP contribution in [0.25, 0.3) is 0 Å². The molecule has 2 aromatic heterocycles. The standard InChI is InChI=1S/C13H16F3NO3.C13H17F2NO4.C12H16F3N3O2.C10H12F3N3O4.C2H6/c1-3-13(12(15)16)7(2)10(14)11(20-13)17-5-4-8(18)6-9(17)19;1-3-13(12(14)15)7(2)10(19)11(20-13)16-5-4-8(17)6-9(16)18;1-3-12(10(14)15)6(2)8(13)9(20-12)18-5-4-7(16)17-11(18)19;11-5-6(18)10(3-17,8(12)13)20-7(5)16-2-1-4(14)15-9(16)19;1-2/h4-5,7,10-12H,3,6H2,1-2H3;4-5,7,10-12,19H,3,6H2,1-2H3;4-6,8-10H,3H2,1-2H3,(H2,16,17,19);1-2,5-8,17-18H,3H2,(H2,14,15,19);1-2H3/t2*7-,10+,11+,13+;6-,8+,9+,12+;5-,6+,7-,10-;/m0001./s1. The number of rotatable bonds is 12. The molecule has 0 aromatic carbocycles. The number of ketones is 2. The molecule has 32 heteroatoms. The fraction of sp³-hybridized carbons (Fsp3) is 0.680. The maximum absolute atomic E-state index is 14.3. The largest absolute Gasteiger partial charge is 0.393 e. The molecule has 0 aliphatic carbocycles. The van der Waals surface area contributed by atoms with Gasteiger partial charge in [0.25, 0.3) is 25.7 Å². The van der Waals surface area contributed by atoms with Crippen LogP contribution in [-0.4, -0.2) is 165 Å². The van der Waals surface area contributed by atoms with E-state index in [1.807, 2.05) is 13.8 Å². The zero-order valence-electron chi connectivity index (χ0n) is 45.5. The van der Waals surface area contributed by atoms with Crippen molar-refractivity contribution in [1.29, 1.82) is 0 Å². The molecule has 0 unspecified atom stereocenters. The van der Waals surface area contributed by atoms with E-state index in [0.29, 0.717) is 4.57 Å². The number of amides is 2. The van der Waals surface area contributed by atoms with Crippen LogP contribution in [-0.2, 0) is 38.1 Å². The van der Waals surface area contributed by atoms with Crippen LogP contribution in [0.2, 0.25) is 0 Å². The molecule has 7 N–H and O–H groups in total. The zero-order chi connectivity index (χ0) is 62.3. The second-order valence-electron chi connectivity index (χ2n) is 19.5. The van der Waals surface area contributed by atoms with Crippen LogP contribution < -0.4 is 22.8 Å². The van der Waals surface area contributed by atoms with Crippen molar-refractivity contribution in [3.8, 4) is 0 Å². The maximum atomic E-state index is 14.3. The van der Waals surface area contributed by atoms with Gasteiger partial charge in [0.2, 0.25) is 11.8 Å². The SMILES string of the molecule is CC.CC[C@@]1(C(F)F)O[C@@H](N2C=CC(=O)CC2=O)[C@H](F)[C@@H]1C.CC[C@@]1(C(F)F)O[C@@H](N2C=CC(=O)CC2=O)[C@H](O)[C@@H]1C.CC[C@@]1(C(F)F)O[C@@H](n2ccc(N)nc2=O)[C@H](F)[C@@H]1C.Nc1ccn([C@@H]2O[C@@](CO)(C(F)F)[C@@H](O)[C@H]2F)c(=O)n1. The van der Waals surface area contributed by atoms with Crippen LogP contribution in [0.4, 0.5) is 59.9 Å². The Hall–Kier alpha value is -5.93. The second kappa shape index (κ2) is 27.6. The minimum Gasteiger partial charge on any atom is -0.393 e. The van der Waals surface area contributed by atoms with E-state index in [9.17, 15) is 87.3 Å². The molecule has 2 amide bonds. The quantitative estimate of drug-likeness (QED) is 0.139. The highest BCUT2D eigenvalue weighted by molar-refractivity contribution is 6.07. The third-order valence-electron chi connectivity index (χ3n) is 15.3. The number of nitrogen functional groups attached to an aromatic ring is 2. The number of allylic oxidation sites excluding steroid dienone is 2. The van der Waals surface area contributed by atoms with Crippen LogP contribution in [0, 0.1) is 17.8 Å². The van der Waals surface area contributed by atoms with Crippen molar-refractivity contribution in [2.75, 3.05) is 18.1 Å². The number of halogens is 11. The van der Waals surface area contributed by atoms with Gasteiger partial charge in [-0.1, -0.05) is 55.4 Å². The highest BCUT2D eigenvalue weighted by atomic mass is 19.3. The highest BCUT2D eigenvalue weighted by Gasteiger charge is 2.63. The summed E-state index contributed by atoms with van der Waals surface area (Å²) in [4.78, 5) is 77.6. The lowest BCUT2D eigenvalue weighted by molar-refractivity contribution is -0.195. The highest BCUT2D eigenvalue weighted by Crippen LogP contribution is 2.49. The van der Waals surface area contributed by atoms with Gasteiger partial charge in [0, 0.05) is 42.5 Å². The number of aliphatic hydroxyl groups excluding tert-OH is 3. The molecule has 21 nitrogen and oxygen atoms in total. The molecule has 8 rings (SSSR count). The van der Waals surface area contributed by atoms with E-state index >= 15 is 0 Å². The average molecular weight is 1200 g/mol. The van der Waals surface area contributed by atoms with Crippen LogP contribution in [0.5, 0.6) is 0 Å². The number of hydrogen-bond donors (Lipinski definition) is 5. The molecule has 0 bridgehead atoms. The Kier molecular flexibility index (Phi) is 23.1. The summed E-state index contributed by atoms with van der Waals surface area (Å²) < 4.78 is 170. The molecule has 0 saturated carbocycles. The summed E-state index contributed by atoms with van der Waals surface area (Å²) in [6, 6.07) is 2.43. The summed E-state index contributed by atoms with van der Waals surface area (Å²) in [5.41, 5.74) is 0.370. The number of aromatic nitrogens is 4. The molecule has 16 atom stereocenters. The van der Waals surface area contributed by atoms with Crippen LogP contribution in [0.1, 0.15) is 99.9 Å². The van der Waals surface area contributed by atoms with Crippen molar-refractivity contribution in [2.45, 2.75) is 191 Å². The van der Waals surface area contributed by atoms with Gasteiger partial charge in [-0.3, -0.25) is 38.1 Å². The topological polar surface area (TPSA) is 294 Å². The number of nitrogens with zero attached hydrogens (tertiary/aromatic N) is 6. The van der Waals surface area contributed by atoms with Crippen LogP contribution in [0.15, 0.2) is 58.7 Å². The molecular weight excluding hydrogens is 1130 g/mol. The van der Waals surface area contributed by atoms with Gasteiger partial charge < -0.3 is 45.7 Å². The van der Waals surface area contributed by atoms with E-state index in [1.54, 1.807) is 6.92 Å². The van der Waals surface area contributed by atoms with Crippen molar-refractivity contribution in [1.82, 2.24) is 28.9 Å². The minimum atomic E-state index is -3.34. The van der Waals surface area contributed by atoms with Crippen molar-refractivity contribution in [3.05, 3.63) is 70.0 Å². The smallest absolute Gasteiger partial charge is 0.351 e. The lowest BCUT2D eigenvalue weighted by Gasteiger charge is -2.32. The van der Waals surface area contributed by atoms with Gasteiger partial charge in [-0.15, -0.1) is 0 Å². The van der Waals surface area contributed by atoms with Gasteiger partial charge in [0.05, 0.1) is 19.4 Å². The van der Waals surface area contributed by atoms with Crippen LogP contribution in [0.3, 0.4) is 0 Å². The molecular formula is C50H67F11N8O13. The minimum absolute atomic E-state index is 0.0179. The Morgan fingerprint density at radius 2 is 0.890 bits per heavy atom. The van der Waals surface area contributed by atoms with E-state index < -0.39 is 163 Å². The molecule has 8 heterocycles. The lowest BCUT2D eigenvalue weighted by Crippen LogP contribution is -2.51. The van der Waals surface area contributed by atoms with Crippen LogP contribution >= 0.6 is 0 Å². The Morgan fingerprint density at radius 3 is 1.21 bits per heavy atom. The second-order valence-corrected chi connectivity index (χ2v) is 19.5. The van der Waals surface area contributed by atoms with E-state index in [2.05, 4.69) is 9.97 Å². The van der Waals surface area contributed by atoms with Gasteiger partial charge in [-0.25, -0.2) is 57.9 Å². The number of carbonyl (C=O) groups is 4. The summed E-state index contributed by atoms with van der Waals surface area (Å²) in [5.74, 6) is -5.03. The molecule has 2 aromatic rings. The van der Waals surface area contributed by atoms with E-state index in [1.165, 1.54) is 59.2 Å². The van der Waals surface area contributed by atoms with E-state index in [0.717, 1.165) is 38.9 Å². The summed E-state index contributed by atoms with van der Waals surface area (Å²) >= 11 is 0. The maximum Gasteiger partial charge on any atom is 0.351 e.